The quantitative estimate of drug-likeness (QED) is 0.0262. The van der Waals surface area contributed by atoms with Crippen molar-refractivity contribution < 1.29 is 28.6 Å². The second kappa shape index (κ2) is 53.9. The Kier molecular flexibility index (Phi) is 50.9. The van der Waals surface area contributed by atoms with E-state index < -0.39 is 6.10 Å². The molecule has 0 fully saturated rings. The first kappa shape index (κ1) is 62.3. The van der Waals surface area contributed by atoms with Crippen molar-refractivity contribution in [3.05, 3.63) is 97.2 Å². The summed E-state index contributed by atoms with van der Waals surface area (Å²) >= 11 is 0. The second-order valence-electron chi connectivity index (χ2n) is 17.7. The largest absolute Gasteiger partial charge is 0.462 e. The summed E-state index contributed by atoms with van der Waals surface area (Å²) in [5.74, 6) is -0.986. The lowest BCUT2D eigenvalue weighted by Gasteiger charge is -2.18. The molecule has 0 rings (SSSR count). The molecule has 0 saturated carbocycles. The van der Waals surface area contributed by atoms with Gasteiger partial charge in [-0.15, -0.1) is 0 Å². The molecule has 0 heterocycles. The van der Waals surface area contributed by atoms with E-state index in [0.717, 1.165) is 109 Å². The molecule has 1 unspecified atom stereocenters. The molecule has 1 atom stereocenters. The first-order valence-corrected chi connectivity index (χ1v) is 27.2. The van der Waals surface area contributed by atoms with Crippen LogP contribution in [-0.2, 0) is 28.6 Å². The summed E-state index contributed by atoms with van der Waals surface area (Å²) in [5.41, 5.74) is 0. The van der Waals surface area contributed by atoms with E-state index in [0.29, 0.717) is 19.3 Å². The molecular weight excluding hydrogens is 817 g/mol. The molecule has 0 aliphatic heterocycles. The van der Waals surface area contributed by atoms with E-state index in [2.05, 4.69) is 118 Å². The first-order valence-electron chi connectivity index (χ1n) is 27.2. The number of rotatable bonds is 48. The number of carbonyl (C=O) groups excluding carboxylic acids is 3. The molecule has 0 bridgehead atoms. The fourth-order valence-corrected chi connectivity index (χ4v) is 7.22. The standard InChI is InChI=1S/C60H100O6/c1-4-7-10-13-16-19-22-25-27-29-31-32-35-38-41-44-47-50-53-59(62)65-56-57(55-64-58(61)52-49-46-43-40-37-34-24-21-18-15-12-9-6-3)66-60(63)54-51-48-45-42-39-36-33-30-28-26-23-20-17-14-11-8-5-2/h8,11-12,15,17,20-21,24,26-29,33,36,42,45,57H,4-7,9-10,13-14,16,18-19,22-23,25,30-32,34-35,37-41,43-44,46-56H2,1-3H3/b11-8-,15-12-,20-17-,24-21-,28-26-,29-27-,36-33-,45-42-. The Morgan fingerprint density at radius 1 is 0.318 bits per heavy atom. The molecule has 0 saturated heterocycles. The van der Waals surface area contributed by atoms with Gasteiger partial charge in [-0.3, -0.25) is 14.4 Å². The zero-order valence-corrected chi connectivity index (χ0v) is 42.9. The van der Waals surface area contributed by atoms with Gasteiger partial charge in [-0.1, -0.05) is 214 Å². The number of esters is 3. The van der Waals surface area contributed by atoms with Gasteiger partial charge in [-0.2, -0.15) is 0 Å². The Morgan fingerprint density at radius 3 is 1.05 bits per heavy atom. The highest BCUT2D eigenvalue weighted by molar-refractivity contribution is 5.71. The first-order chi connectivity index (χ1) is 32.5. The van der Waals surface area contributed by atoms with Crippen molar-refractivity contribution >= 4 is 17.9 Å². The average molecular weight is 917 g/mol. The van der Waals surface area contributed by atoms with Crippen LogP contribution in [-0.4, -0.2) is 37.2 Å². The van der Waals surface area contributed by atoms with E-state index in [1.54, 1.807) is 0 Å². The SMILES string of the molecule is CC/C=C\C/C=C\C/C=C\C/C=C\C/C=C\CCCC(=O)OC(COC(=O)CCCCCCC/C=C\C/C=C\CCC)COC(=O)CCCCCCCCC/C=C\CCCCCCCCC. The van der Waals surface area contributed by atoms with Crippen LogP contribution in [0.5, 0.6) is 0 Å². The Hall–Kier alpha value is -3.67. The lowest BCUT2D eigenvalue weighted by molar-refractivity contribution is -0.167. The monoisotopic (exact) mass is 917 g/mol. The highest BCUT2D eigenvalue weighted by atomic mass is 16.6. The van der Waals surface area contributed by atoms with Crippen LogP contribution in [0, 0.1) is 0 Å². The van der Waals surface area contributed by atoms with Gasteiger partial charge >= 0.3 is 17.9 Å². The zero-order chi connectivity index (χ0) is 47.9. The molecule has 0 spiro atoms. The Bertz CT molecular complexity index is 1330. The lowest BCUT2D eigenvalue weighted by atomic mass is 10.1. The number of carbonyl (C=O) groups is 3. The van der Waals surface area contributed by atoms with Crippen molar-refractivity contribution in [1.82, 2.24) is 0 Å². The molecule has 0 radical (unpaired) electrons. The minimum absolute atomic E-state index is 0.108. The Balaban J connectivity index is 4.49. The number of ether oxygens (including phenoxy) is 3. The molecule has 6 nitrogen and oxygen atoms in total. The van der Waals surface area contributed by atoms with E-state index in [1.807, 2.05) is 0 Å². The molecule has 0 amide bonds. The summed E-state index contributed by atoms with van der Waals surface area (Å²) in [7, 11) is 0. The second-order valence-corrected chi connectivity index (χ2v) is 17.7. The molecular formula is C60H100O6. The van der Waals surface area contributed by atoms with Crippen molar-refractivity contribution in [3.8, 4) is 0 Å². The average Bonchev–Trinajstić information content (AvgIpc) is 3.31. The maximum absolute atomic E-state index is 12.8. The number of allylic oxidation sites excluding steroid dienone is 16. The number of hydrogen-bond donors (Lipinski definition) is 0. The highest BCUT2D eigenvalue weighted by Crippen LogP contribution is 2.14. The predicted molar refractivity (Wildman–Crippen MR) is 284 cm³/mol. The fraction of sp³-hybridized carbons (Fsp3) is 0.683. The van der Waals surface area contributed by atoms with Crippen molar-refractivity contribution in [1.29, 1.82) is 0 Å². The smallest absolute Gasteiger partial charge is 0.306 e. The van der Waals surface area contributed by atoms with Crippen LogP contribution in [0.4, 0.5) is 0 Å². The molecule has 0 aromatic heterocycles. The zero-order valence-electron chi connectivity index (χ0n) is 42.9. The van der Waals surface area contributed by atoms with Gasteiger partial charge in [0.05, 0.1) is 0 Å². The van der Waals surface area contributed by atoms with Crippen LogP contribution < -0.4 is 0 Å². The summed E-state index contributed by atoms with van der Waals surface area (Å²) in [4.78, 5) is 38.0. The lowest BCUT2D eigenvalue weighted by Crippen LogP contribution is -2.30. The van der Waals surface area contributed by atoms with Gasteiger partial charge in [0.1, 0.15) is 13.2 Å². The van der Waals surface area contributed by atoms with E-state index in [4.69, 9.17) is 14.2 Å². The number of hydrogen-bond acceptors (Lipinski definition) is 6. The summed E-state index contributed by atoms with van der Waals surface area (Å²) in [6.45, 7) is 6.39. The molecule has 0 aliphatic rings. The van der Waals surface area contributed by atoms with E-state index in [9.17, 15) is 14.4 Å². The fourth-order valence-electron chi connectivity index (χ4n) is 7.22. The predicted octanol–water partition coefficient (Wildman–Crippen LogP) is 18.1. The van der Waals surface area contributed by atoms with Crippen LogP contribution in [0.15, 0.2) is 97.2 Å². The topological polar surface area (TPSA) is 78.9 Å². The van der Waals surface area contributed by atoms with Gasteiger partial charge in [-0.05, 0) is 109 Å². The van der Waals surface area contributed by atoms with Crippen LogP contribution in [0.2, 0.25) is 0 Å². The molecule has 376 valence electrons. The third kappa shape index (κ3) is 51.3. The van der Waals surface area contributed by atoms with Crippen molar-refractivity contribution in [3.63, 3.8) is 0 Å². The third-order valence-electron chi connectivity index (χ3n) is 11.3. The summed E-state index contributed by atoms with van der Waals surface area (Å²) in [6, 6.07) is 0. The highest BCUT2D eigenvalue weighted by Gasteiger charge is 2.19. The maximum Gasteiger partial charge on any atom is 0.306 e. The van der Waals surface area contributed by atoms with Gasteiger partial charge in [0, 0.05) is 19.3 Å². The minimum atomic E-state index is -0.815. The molecule has 0 aromatic rings. The van der Waals surface area contributed by atoms with Gasteiger partial charge in [-0.25, -0.2) is 0 Å². The van der Waals surface area contributed by atoms with E-state index in [-0.39, 0.29) is 37.5 Å². The Labute approximate surface area is 407 Å². The molecule has 0 N–H and O–H groups in total. The van der Waals surface area contributed by atoms with Gasteiger partial charge in [0.15, 0.2) is 6.10 Å². The third-order valence-corrected chi connectivity index (χ3v) is 11.3. The van der Waals surface area contributed by atoms with E-state index in [1.165, 1.54) is 89.9 Å². The molecule has 66 heavy (non-hydrogen) atoms. The van der Waals surface area contributed by atoms with Crippen LogP contribution in [0.3, 0.4) is 0 Å². The Morgan fingerprint density at radius 2 is 0.636 bits per heavy atom. The van der Waals surface area contributed by atoms with Gasteiger partial charge < -0.3 is 14.2 Å². The molecule has 6 heteroatoms. The summed E-state index contributed by atoms with van der Waals surface area (Å²) in [5, 5.41) is 0. The minimum Gasteiger partial charge on any atom is -0.462 e. The normalized spacial score (nSPS) is 12.8. The molecule has 0 aliphatic carbocycles. The van der Waals surface area contributed by atoms with Crippen molar-refractivity contribution in [2.45, 2.75) is 252 Å². The number of unbranched alkanes of at least 4 members (excludes halogenated alkanes) is 21. The summed E-state index contributed by atoms with van der Waals surface area (Å²) in [6.07, 6.45) is 71.1. The van der Waals surface area contributed by atoms with Gasteiger partial charge in [0.2, 0.25) is 0 Å². The van der Waals surface area contributed by atoms with Crippen LogP contribution in [0.1, 0.15) is 245 Å². The maximum atomic E-state index is 12.8. The van der Waals surface area contributed by atoms with Crippen LogP contribution >= 0.6 is 0 Å². The van der Waals surface area contributed by atoms with Crippen LogP contribution in [0.25, 0.3) is 0 Å². The van der Waals surface area contributed by atoms with Gasteiger partial charge in [0.25, 0.3) is 0 Å². The van der Waals surface area contributed by atoms with E-state index >= 15 is 0 Å². The van der Waals surface area contributed by atoms with Crippen molar-refractivity contribution in [2.75, 3.05) is 13.2 Å². The van der Waals surface area contributed by atoms with Crippen molar-refractivity contribution in [2.24, 2.45) is 0 Å². The summed E-state index contributed by atoms with van der Waals surface area (Å²) < 4.78 is 16.8. The molecule has 0 aromatic carbocycles.